The predicted octanol–water partition coefficient (Wildman–Crippen LogP) is 2.13. The molecular formula is C13H21NO2. The monoisotopic (exact) mass is 223 g/mol. The molecule has 0 heterocycles. The molecule has 1 N–H and O–H groups in total. The molecule has 0 aliphatic heterocycles. The molecule has 0 aliphatic rings. The van der Waals surface area contributed by atoms with Gasteiger partial charge in [-0.25, -0.2) is 0 Å². The molecule has 0 saturated carbocycles. The third kappa shape index (κ3) is 3.83. The summed E-state index contributed by atoms with van der Waals surface area (Å²) in [4.78, 5) is 0. The van der Waals surface area contributed by atoms with E-state index in [0.717, 1.165) is 25.4 Å². The van der Waals surface area contributed by atoms with Crippen molar-refractivity contribution in [2.24, 2.45) is 0 Å². The molecule has 0 spiro atoms. The Morgan fingerprint density at radius 2 is 2.12 bits per heavy atom. The fourth-order valence-corrected chi connectivity index (χ4v) is 1.60. The second-order valence-electron chi connectivity index (χ2n) is 3.67. The topological polar surface area (TPSA) is 30.5 Å². The average molecular weight is 223 g/mol. The van der Waals surface area contributed by atoms with Gasteiger partial charge in [-0.1, -0.05) is 18.2 Å². The highest BCUT2D eigenvalue weighted by Crippen LogP contribution is 2.23. The first kappa shape index (κ1) is 13.0. The van der Waals surface area contributed by atoms with Crippen LogP contribution in [0.25, 0.3) is 0 Å². The number of ether oxygens (including phenoxy) is 2. The summed E-state index contributed by atoms with van der Waals surface area (Å²) in [6.07, 6.45) is 0. The van der Waals surface area contributed by atoms with Crippen LogP contribution in [0.2, 0.25) is 0 Å². The Bertz CT molecular complexity index is 313. The Kier molecular flexibility index (Phi) is 5.90. The molecule has 1 aromatic rings. The molecule has 0 radical (unpaired) electrons. The third-order valence-electron chi connectivity index (χ3n) is 2.38. The van der Waals surface area contributed by atoms with Crippen LogP contribution in [0.5, 0.6) is 5.75 Å². The van der Waals surface area contributed by atoms with Gasteiger partial charge in [-0.15, -0.1) is 0 Å². The summed E-state index contributed by atoms with van der Waals surface area (Å²) in [7, 11) is 1.71. The lowest BCUT2D eigenvalue weighted by molar-refractivity contribution is 0.199. The van der Waals surface area contributed by atoms with Crippen LogP contribution in [-0.2, 0) is 11.3 Å². The molecule has 0 fully saturated rings. The number of aryl methyl sites for hydroxylation is 1. The third-order valence-corrected chi connectivity index (χ3v) is 2.38. The van der Waals surface area contributed by atoms with Crippen LogP contribution in [0.1, 0.15) is 18.1 Å². The van der Waals surface area contributed by atoms with E-state index < -0.39 is 0 Å². The minimum absolute atomic E-state index is 0.704. The molecule has 1 aromatic carbocycles. The lowest BCUT2D eigenvalue weighted by Crippen LogP contribution is -2.19. The van der Waals surface area contributed by atoms with Crippen LogP contribution in [0.3, 0.4) is 0 Å². The van der Waals surface area contributed by atoms with Crippen LogP contribution >= 0.6 is 0 Å². The maximum Gasteiger partial charge on any atom is 0.126 e. The van der Waals surface area contributed by atoms with Crippen LogP contribution < -0.4 is 10.1 Å². The van der Waals surface area contributed by atoms with Crippen LogP contribution in [0.15, 0.2) is 18.2 Å². The van der Waals surface area contributed by atoms with Gasteiger partial charge in [-0.2, -0.15) is 0 Å². The van der Waals surface area contributed by atoms with Crippen molar-refractivity contribution in [3.8, 4) is 5.75 Å². The first-order valence-corrected chi connectivity index (χ1v) is 5.70. The summed E-state index contributed by atoms with van der Waals surface area (Å²) in [5, 5.41) is 3.32. The van der Waals surface area contributed by atoms with Crippen molar-refractivity contribution in [2.75, 3.05) is 26.9 Å². The average Bonchev–Trinajstić information content (AvgIpc) is 2.29. The number of rotatable bonds is 7. The van der Waals surface area contributed by atoms with Gasteiger partial charge in [-0.3, -0.25) is 0 Å². The predicted molar refractivity (Wildman–Crippen MR) is 65.9 cm³/mol. The molecule has 0 unspecified atom stereocenters. The van der Waals surface area contributed by atoms with Gasteiger partial charge >= 0.3 is 0 Å². The molecular weight excluding hydrogens is 202 g/mol. The number of hydrogen-bond acceptors (Lipinski definition) is 3. The standard InChI is InChI=1S/C13H21NO2/c1-4-16-13-11(2)6-5-7-12(13)10-14-8-9-15-3/h5-7,14H,4,8-10H2,1-3H3. The van der Waals surface area contributed by atoms with Crippen molar-refractivity contribution in [1.29, 1.82) is 0 Å². The van der Waals surface area contributed by atoms with Gasteiger partial charge in [-0.05, 0) is 19.4 Å². The second kappa shape index (κ2) is 7.25. The van der Waals surface area contributed by atoms with Gasteiger partial charge in [0.15, 0.2) is 0 Å². The van der Waals surface area contributed by atoms with Crippen molar-refractivity contribution >= 4 is 0 Å². The number of para-hydroxylation sites is 1. The Labute approximate surface area is 97.8 Å². The fraction of sp³-hybridized carbons (Fsp3) is 0.538. The molecule has 0 aliphatic carbocycles. The minimum atomic E-state index is 0.704. The highest BCUT2D eigenvalue weighted by Gasteiger charge is 2.05. The number of methoxy groups -OCH3 is 1. The molecule has 90 valence electrons. The highest BCUT2D eigenvalue weighted by molar-refractivity contribution is 5.40. The van der Waals surface area contributed by atoms with Gasteiger partial charge in [0.2, 0.25) is 0 Å². The Morgan fingerprint density at radius 1 is 1.31 bits per heavy atom. The van der Waals surface area contributed by atoms with E-state index in [1.54, 1.807) is 7.11 Å². The van der Waals surface area contributed by atoms with Gasteiger partial charge in [0.05, 0.1) is 13.2 Å². The second-order valence-corrected chi connectivity index (χ2v) is 3.67. The van der Waals surface area contributed by atoms with E-state index in [1.807, 2.05) is 6.92 Å². The summed E-state index contributed by atoms with van der Waals surface area (Å²) in [5.74, 6) is 1.01. The van der Waals surface area contributed by atoms with Gasteiger partial charge in [0, 0.05) is 25.8 Å². The Hall–Kier alpha value is -1.06. The number of nitrogens with one attached hydrogen (secondary N) is 1. The van der Waals surface area contributed by atoms with E-state index in [9.17, 15) is 0 Å². The van der Waals surface area contributed by atoms with E-state index in [4.69, 9.17) is 9.47 Å². The normalized spacial score (nSPS) is 10.4. The van der Waals surface area contributed by atoms with E-state index in [-0.39, 0.29) is 0 Å². The van der Waals surface area contributed by atoms with Gasteiger partial charge in [0.25, 0.3) is 0 Å². The van der Waals surface area contributed by atoms with Gasteiger partial charge < -0.3 is 14.8 Å². The molecule has 3 nitrogen and oxygen atoms in total. The van der Waals surface area contributed by atoms with Crippen molar-refractivity contribution in [2.45, 2.75) is 20.4 Å². The smallest absolute Gasteiger partial charge is 0.126 e. The largest absolute Gasteiger partial charge is 0.493 e. The van der Waals surface area contributed by atoms with Crippen LogP contribution in [0, 0.1) is 6.92 Å². The summed E-state index contributed by atoms with van der Waals surface area (Å²) < 4.78 is 10.6. The SMILES string of the molecule is CCOc1c(C)cccc1CNCCOC. The maximum atomic E-state index is 5.65. The molecule has 0 atom stereocenters. The van der Waals surface area contributed by atoms with Gasteiger partial charge in [0.1, 0.15) is 5.75 Å². The van der Waals surface area contributed by atoms with E-state index in [1.165, 1.54) is 11.1 Å². The quantitative estimate of drug-likeness (QED) is 0.718. The molecule has 0 bridgehead atoms. The Balaban J connectivity index is 2.59. The number of benzene rings is 1. The fourth-order valence-electron chi connectivity index (χ4n) is 1.60. The molecule has 0 saturated heterocycles. The van der Waals surface area contributed by atoms with Crippen LogP contribution in [0.4, 0.5) is 0 Å². The lowest BCUT2D eigenvalue weighted by Gasteiger charge is -2.13. The zero-order chi connectivity index (χ0) is 11.8. The minimum Gasteiger partial charge on any atom is -0.493 e. The number of hydrogen-bond donors (Lipinski definition) is 1. The molecule has 0 aromatic heterocycles. The van der Waals surface area contributed by atoms with E-state index >= 15 is 0 Å². The zero-order valence-electron chi connectivity index (χ0n) is 10.4. The first-order chi connectivity index (χ1) is 7.79. The summed E-state index contributed by atoms with van der Waals surface area (Å²) in [6, 6.07) is 6.23. The first-order valence-electron chi connectivity index (χ1n) is 5.70. The Morgan fingerprint density at radius 3 is 2.81 bits per heavy atom. The van der Waals surface area contributed by atoms with Crippen LogP contribution in [-0.4, -0.2) is 26.9 Å². The van der Waals surface area contributed by atoms with Crippen molar-refractivity contribution in [3.63, 3.8) is 0 Å². The molecule has 0 amide bonds. The lowest BCUT2D eigenvalue weighted by atomic mass is 10.1. The van der Waals surface area contributed by atoms with Crippen molar-refractivity contribution < 1.29 is 9.47 Å². The molecule has 16 heavy (non-hydrogen) atoms. The van der Waals surface area contributed by atoms with Crippen molar-refractivity contribution in [3.05, 3.63) is 29.3 Å². The zero-order valence-corrected chi connectivity index (χ0v) is 10.4. The summed E-state index contributed by atoms with van der Waals surface area (Å²) in [6.45, 7) is 7.19. The molecule has 3 heteroatoms. The van der Waals surface area contributed by atoms with E-state index in [2.05, 4.69) is 30.4 Å². The maximum absolute atomic E-state index is 5.65. The van der Waals surface area contributed by atoms with Crippen molar-refractivity contribution in [1.82, 2.24) is 5.32 Å². The highest BCUT2D eigenvalue weighted by atomic mass is 16.5. The van der Waals surface area contributed by atoms with E-state index in [0.29, 0.717) is 6.61 Å². The summed E-state index contributed by atoms with van der Waals surface area (Å²) in [5.41, 5.74) is 2.39. The molecule has 1 rings (SSSR count). The summed E-state index contributed by atoms with van der Waals surface area (Å²) >= 11 is 0.